The summed E-state index contributed by atoms with van der Waals surface area (Å²) >= 11 is 0. The third-order valence-electron chi connectivity index (χ3n) is 4.77. The van der Waals surface area contributed by atoms with Gasteiger partial charge in [-0.15, -0.1) is 0 Å². The molecule has 142 valence electrons. The average molecular weight is 384 g/mol. The zero-order valence-corrected chi connectivity index (χ0v) is 15.5. The molecule has 0 N–H and O–H groups in total. The van der Waals surface area contributed by atoms with Crippen molar-refractivity contribution in [2.45, 2.75) is 6.92 Å². The van der Waals surface area contributed by atoms with E-state index in [-0.39, 0.29) is 5.69 Å². The van der Waals surface area contributed by atoms with E-state index in [1.165, 1.54) is 12.1 Å². The Bertz CT molecular complexity index is 1180. The minimum absolute atomic E-state index is 0.0673. The van der Waals surface area contributed by atoms with Gasteiger partial charge < -0.3 is 0 Å². The van der Waals surface area contributed by atoms with Crippen molar-refractivity contribution in [3.8, 4) is 0 Å². The number of fused-ring (bicyclic) bond motifs is 1. The number of carbonyl (C=O) groups excluding carboxylic acids is 2. The van der Waals surface area contributed by atoms with Gasteiger partial charge in [0.2, 0.25) is 0 Å². The van der Waals surface area contributed by atoms with Gasteiger partial charge in [0.25, 0.3) is 17.5 Å². The van der Waals surface area contributed by atoms with E-state index in [0.29, 0.717) is 28.0 Å². The van der Waals surface area contributed by atoms with Crippen LogP contribution in [-0.2, 0) is 4.79 Å². The highest BCUT2D eigenvalue weighted by molar-refractivity contribution is 6.43. The molecule has 29 heavy (non-hydrogen) atoms. The smallest absolute Gasteiger partial charge is 0.268 e. The van der Waals surface area contributed by atoms with E-state index < -0.39 is 16.7 Å². The Labute approximate surface area is 166 Å². The van der Waals surface area contributed by atoms with Crippen LogP contribution in [0.25, 0.3) is 11.6 Å². The molecule has 4 rings (SSSR count). The number of hydrogen-bond acceptors (Lipinski definition) is 4. The van der Waals surface area contributed by atoms with Crippen LogP contribution < -0.4 is 4.90 Å². The van der Waals surface area contributed by atoms with Gasteiger partial charge in [0.1, 0.15) is 0 Å². The van der Waals surface area contributed by atoms with Gasteiger partial charge >= 0.3 is 0 Å². The van der Waals surface area contributed by atoms with Gasteiger partial charge in [-0.1, -0.05) is 48.0 Å². The van der Waals surface area contributed by atoms with Gasteiger partial charge in [0.15, 0.2) is 0 Å². The fraction of sp³-hybridized carbons (Fsp3) is 0.0435. The third-order valence-corrected chi connectivity index (χ3v) is 4.77. The summed E-state index contributed by atoms with van der Waals surface area (Å²) in [7, 11) is 0. The number of nitro groups is 1. The van der Waals surface area contributed by atoms with E-state index in [0.717, 1.165) is 10.5 Å². The Morgan fingerprint density at radius 3 is 2.24 bits per heavy atom. The number of anilines is 1. The lowest BCUT2D eigenvalue weighted by molar-refractivity contribution is -0.384. The fourth-order valence-electron chi connectivity index (χ4n) is 3.32. The van der Waals surface area contributed by atoms with Crippen LogP contribution in [0.1, 0.15) is 27.0 Å². The van der Waals surface area contributed by atoms with E-state index in [1.807, 2.05) is 19.1 Å². The third kappa shape index (κ3) is 3.32. The van der Waals surface area contributed by atoms with E-state index >= 15 is 0 Å². The molecule has 3 aromatic carbocycles. The van der Waals surface area contributed by atoms with Gasteiger partial charge in [-0.2, -0.15) is 0 Å². The van der Waals surface area contributed by atoms with Crippen LogP contribution in [0.3, 0.4) is 0 Å². The van der Waals surface area contributed by atoms with Crippen molar-refractivity contribution in [1.29, 1.82) is 0 Å². The van der Waals surface area contributed by atoms with E-state index in [9.17, 15) is 19.7 Å². The molecule has 3 aromatic rings. The number of non-ortho nitro benzene ring substituents is 1. The zero-order chi connectivity index (χ0) is 20.5. The van der Waals surface area contributed by atoms with Crippen LogP contribution in [0.4, 0.5) is 11.4 Å². The lowest BCUT2D eigenvalue weighted by Gasteiger charge is -2.28. The van der Waals surface area contributed by atoms with Crippen LogP contribution in [0.2, 0.25) is 0 Å². The molecule has 0 saturated carbocycles. The molecule has 0 aromatic heterocycles. The van der Waals surface area contributed by atoms with Gasteiger partial charge in [-0.05, 0) is 42.3 Å². The number of benzene rings is 3. The van der Waals surface area contributed by atoms with Gasteiger partial charge in [0, 0.05) is 23.3 Å². The molecule has 0 aliphatic carbocycles. The quantitative estimate of drug-likeness (QED) is 0.285. The monoisotopic (exact) mass is 384 g/mol. The van der Waals surface area contributed by atoms with E-state index in [4.69, 9.17) is 0 Å². The number of hydrogen-bond donors (Lipinski definition) is 0. The molecule has 0 bridgehead atoms. The summed E-state index contributed by atoms with van der Waals surface area (Å²) in [5, 5.41) is 11.1. The van der Waals surface area contributed by atoms with Crippen LogP contribution in [0.5, 0.6) is 0 Å². The summed E-state index contributed by atoms with van der Waals surface area (Å²) in [5.74, 6) is -0.866. The molecule has 0 atom stereocenters. The Kier molecular flexibility index (Phi) is 4.52. The number of carbonyl (C=O) groups is 2. The Hall–Kier alpha value is -4.06. The zero-order valence-electron chi connectivity index (χ0n) is 15.5. The maximum Gasteiger partial charge on any atom is 0.270 e. The largest absolute Gasteiger partial charge is 0.270 e. The predicted octanol–water partition coefficient (Wildman–Crippen LogP) is 4.63. The molecule has 1 heterocycles. The van der Waals surface area contributed by atoms with Crippen LogP contribution in [-0.4, -0.2) is 16.7 Å². The van der Waals surface area contributed by atoms with Crippen LogP contribution in [0, 0.1) is 17.0 Å². The van der Waals surface area contributed by atoms with Crippen molar-refractivity contribution in [1.82, 2.24) is 0 Å². The number of amides is 2. The number of rotatable bonds is 3. The molecule has 0 spiro atoms. The predicted molar refractivity (Wildman–Crippen MR) is 110 cm³/mol. The second-order valence-electron chi connectivity index (χ2n) is 6.74. The molecule has 0 radical (unpaired) electrons. The van der Waals surface area contributed by atoms with Crippen molar-refractivity contribution in [2.75, 3.05) is 4.90 Å². The molecule has 1 aliphatic rings. The molecule has 0 fully saturated rings. The maximum atomic E-state index is 13.3. The fourth-order valence-corrected chi connectivity index (χ4v) is 3.32. The molecule has 6 nitrogen and oxygen atoms in total. The molecule has 6 heteroatoms. The van der Waals surface area contributed by atoms with Gasteiger partial charge in [0.05, 0.1) is 10.6 Å². The first-order valence-electron chi connectivity index (χ1n) is 8.97. The standard InChI is InChI=1S/C23H16N2O4/c1-15-9-11-17(12-10-15)24-22(26)20-8-3-2-7-19(20)21(23(24)27)14-16-5-4-6-18(13-16)25(28)29/h2-14H,1H3/b21-14-. The number of nitro benzene ring substituents is 1. The summed E-state index contributed by atoms with van der Waals surface area (Å²) in [6.45, 7) is 1.92. The SMILES string of the molecule is Cc1ccc(N2C(=O)/C(=C\c3cccc([N+](=O)[O-])c3)c3ccccc3C2=O)cc1. The van der Waals surface area contributed by atoms with Crippen molar-refractivity contribution in [3.63, 3.8) is 0 Å². The van der Waals surface area contributed by atoms with Gasteiger partial charge in [-0.3, -0.25) is 19.7 Å². The van der Waals surface area contributed by atoms with Gasteiger partial charge in [-0.25, -0.2) is 4.90 Å². The van der Waals surface area contributed by atoms with Crippen molar-refractivity contribution >= 4 is 34.8 Å². The average Bonchev–Trinajstić information content (AvgIpc) is 2.73. The lowest BCUT2D eigenvalue weighted by atomic mass is 9.91. The number of nitrogens with zero attached hydrogens (tertiary/aromatic N) is 2. The first-order chi connectivity index (χ1) is 14.0. The van der Waals surface area contributed by atoms with Crippen LogP contribution in [0.15, 0.2) is 72.8 Å². The summed E-state index contributed by atoms with van der Waals surface area (Å²) in [6, 6.07) is 20.0. The minimum atomic E-state index is -0.485. The number of imide groups is 1. The molecular weight excluding hydrogens is 368 g/mol. The summed E-state index contributed by atoms with van der Waals surface area (Å²) < 4.78 is 0. The van der Waals surface area contributed by atoms with Crippen molar-refractivity contribution in [2.24, 2.45) is 0 Å². The number of aryl methyl sites for hydroxylation is 1. The molecule has 0 unspecified atom stereocenters. The Morgan fingerprint density at radius 2 is 1.55 bits per heavy atom. The highest BCUT2D eigenvalue weighted by Crippen LogP contribution is 2.33. The molecule has 0 saturated heterocycles. The highest BCUT2D eigenvalue weighted by atomic mass is 16.6. The minimum Gasteiger partial charge on any atom is -0.268 e. The topological polar surface area (TPSA) is 80.5 Å². The first kappa shape index (κ1) is 18.3. The second kappa shape index (κ2) is 7.16. The Morgan fingerprint density at radius 1 is 0.862 bits per heavy atom. The second-order valence-corrected chi connectivity index (χ2v) is 6.74. The van der Waals surface area contributed by atoms with E-state index in [2.05, 4.69) is 0 Å². The maximum absolute atomic E-state index is 13.3. The molecule has 2 amide bonds. The summed E-state index contributed by atoms with van der Waals surface area (Å²) in [5.41, 5.74) is 3.16. The normalized spacial score (nSPS) is 14.8. The van der Waals surface area contributed by atoms with Crippen LogP contribution >= 0.6 is 0 Å². The summed E-state index contributed by atoms with van der Waals surface area (Å²) in [6.07, 6.45) is 1.59. The van der Waals surface area contributed by atoms with E-state index in [1.54, 1.807) is 54.6 Å². The summed E-state index contributed by atoms with van der Waals surface area (Å²) in [4.78, 5) is 38.1. The first-order valence-corrected chi connectivity index (χ1v) is 8.97. The highest BCUT2D eigenvalue weighted by Gasteiger charge is 2.35. The molecule has 1 aliphatic heterocycles. The van der Waals surface area contributed by atoms with Crippen molar-refractivity contribution < 1.29 is 14.5 Å². The van der Waals surface area contributed by atoms with Crippen molar-refractivity contribution in [3.05, 3.63) is 105 Å². The molecular formula is C23H16N2O4. The lowest BCUT2D eigenvalue weighted by Crippen LogP contribution is -2.41. The Balaban J connectivity index is 1.88.